The van der Waals surface area contributed by atoms with Crippen LogP contribution >= 0.6 is 0 Å². The zero-order chi connectivity index (χ0) is 8.93. The molecule has 3 atom stereocenters. The van der Waals surface area contributed by atoms with Crippen molar-refractivity contribution in [3.63, 3.8) is 0 Å². The molecule has 0 heterocycles. The van der Waals surface area contributed by atoms with Crippen LogP contribution in [0, 0.1) is 23.2 Å². The third-order valence-electron chi connectivity index (χ3n) is 3.56. The Kier molecular flexibility index (Phi) is 1.51. The van der Waals surface area contributed by atoms with E-state index in [0.29, 0.717) is 17.3 Å². The van der Waals surface area contributed by atoms with Crippen molar-refractivity contribution in [2.75, 3.05) is 0 Å². The van der Waals surface area contributed by atoms with E-state index in [1.807, 2.05) is 0 Å². The van der Waals surface area contributed by atoms with E-state index in [1.165, 1.54) is 6.42 Å². The molecule has 1 N–H and O–H groups in total. The largest absolute Gasteiger partial charge is 0.481 e. The van der Waals surface area contributed by atoms with Crippen LogP contribution in [0.2, 0.25) is 0 Å². The fraction of sp³-hybridized carbons (Fsp3) is 0.900. The number of carboxylic acids is 1. The molecule has 0 aromatic heterocycles. The molecule has 0 bridgehead atoms. The molecule has 3 unspecified atom stereocenters. The average molecular weight is 168 g/mol. The van der Waals surface area contributed by atoms with Crippen LogP contribution in [-0.4, -0.2) is 11.1 Å². The first-order valence-corrected chi connectivity index (χ1v) is 4.74. The van der Waals surface area contributed by atoms with Crippen molar-refractivity contribution in [1.82, 2.24) is 0 Å². The van der Waals surface area contributed by atoms with Crippen molar-refractivity contribution < 1.29 is 9.90 Å². The van der Waals surface area contributed by atoms with Gasteiger partial charge in [-0.3, -0.25) is 4.79 Å². The highest BCUT2D eigenvalue weighted by molar-refractivity contribution is 5.74. The molecule has 0 aliphatic heterocycles. The van der Waals surface area contributed by atoms with Gasteiger partial charge in [-0.1, -0.05) is 13.8 Å². The normalized spacial score (nSPS) is 43.3. The molecule has 0 amide bonds. The van der Waals surface area contributed by atoms with Crippen LogP contribution in [0.5, 0.6) is 0 Å². The summed E-state index contributed by atoms with van der Waals surface area (Å²) in [5.41, 5.74) is 0.394. The maximum atomic E-state index is 10.7. The summed E-state index contributed by atoms with van der Waals surface area (Å²) in [5.74, 6) is 0.469. The van der Waals surface area contributed by atoms with E-state index in [0.717, 1.165) is 12.8 Å². The maximum Gasteiger partial charge on any atom is 0.307 e. The molecule has 2 rings (SSSR count). The first kappa shape index (κ1) is 8.09. The van der Waals surface area contributed by atoms with Gasteiger partial charge in [0.1, 0.15) is 0 Å². The smallest absolute Gasteiger partial charge is 0.307 e. The second kappa shape index (κ2) is 2.24. The zero-order valence-corrected chi connectivity index (χ0v) is 7.71. The molecular formula is C10H16O2. The van der Waals surface area contributed by atoms with Crippen molar-refractivity contribution in [2.24, 2.45) is 23.2 Å². The van der Waals surface area contributed by atoms with Crippen LogP contribution in [0.3, 0.4) is 0 Å². The lowest BCUT2D eigenvalue weighted by atomic mass is 9.78. The Hall–Kier alpha value is -0.530. The van der Waals surface area contributed by atoms with Gasteiger partial charge < -0.3 is 5.11 Å². The van der Waals surface area contributed by atoms with Gasteiger partial charge in [0.05, 0.1) is 5.92 Å². The molecule has 2 heteroatoms. The molecule has 0 saturated heterocycles. The molecule has 2 aliphatic carbocycles. The van der Waals surface area contributed by atoms with Crippen LogP contribution in [0.4, 0.5) is 0 Å². The summed E-state index contributed by atoms with van der Waals surface area (Å²) in [4.78, 5) is 10.7. The van der Waals surface area contributed by atoms with E-state index in [1.54, 1.807) is 0 Å². The molecule has 2 nitrogen and oxygen atoms in total. The number of hydrogen-bond acceptors (Lipinski definition) is 1. The van der Waals surface area contributed by atoms with Gasteiger partial charge in [0.15, 0.2) is 0 Å². The van der Waals surface area contributed by atoms with Crippen LogP contribution in [0.1, 0.15) is 33.1 Å². The molecule has 2 saturated carbocycles. The molecule has 0 spiro atoms. The SMILES string of the molecule is CC1(C)CCC2C(C1)C2C(=O)O. The van der Waals surface area contributed by atoms with Gasteiger partial charge in [-0.15, -0.1) is 0 Å². The van der Waals surface area contributed by atoms with E-state index in [-0.39, 0.29) is 5.92 Å². The van der Waals surface area contributed by atoms with E-state index < -0.39 is 5.97 Å². The fourth-order valence-corrected chi connectivity index (χ4v) is 2.78. The fourth-order valence-electron chi connectivity index (χ4n) is 2.78. The van der Waals surface area contributed by atoms with Gasteiger partial charge in [-0.25, -0.2) is 0 Å². The molecule has 2 aliphatic rings. The Labute approximate surface area is 73.0 Å². The highest BCUT2D eigenvalue weighted by Crippen LogP contribution is 2.59. The lowest BCUT2D eigenvalue weighted by Crippen LogP contribution is -2.16. The second-order valence-corrected chi connectivity index (χ2v) is 5.10. The van der Waals surface area contributed by atoms with Crippen molar-refractivity contribution >= 4 is 5.97 Å². The summed E-state index contributed by atoms with van der Waals surface area (Å²) in [5, 5.41) is 8.85. The lowest BCUT2D eigenvalue weighted by molar-refractivity contribution is -0.139. The van der Waals surface area contributed by atoms with Gasteiger partial charge in [-0.05, 0) is 36.5 Å². The third-order valence-corrected chi connectivity index (χ3v) is 3.56. The molecule has 0 radical (unpaired) electrons. The van der Waals surface area contributed by atoms with Crippen LogP contribution in [0.15, 0.2) is 0 Å². The highest BCUT2D eigenvalue weighted by atomic mass is 16.4. The van der Waals surface area contributed by atoms with Gasteiger partial charge in [0, 0.05) is 0 Å². The topological polar surface area (TPSA) is 37.3 Å². The van der Waals surface area contributed by atoms with Crippen LogP contribution in [0.25, 0.3) is 0 Å². The quantitative estimate of drug-likeness (QED) is 0.651. The van der Waals surface area contributed by atoms with Crippen molar-refractivity contribution in [3.8, 4) is 0 Å². The van der Waals surface area contributed by atoms with Gasteiger partial charge in [0.25, 0.3) is 0 Å². The highest BCUT2D eigenvalue weighted by Gasteiger charge is 2.58. The minimum atomic E-state index is -0.567. The average Bonchev–Trinajstić information content (AvgIpc) is 2.58. The Balaban J connectivity index is 2.02. The summed E-state index contributed by atoms with van der Waals surface area (Å²) in [7, 11) is 0. The second-order valence-electron chi connectivity index (χ2n) is 5.10. The van der Waals surface area contributed by atoms with E-state index >= 15 is 0 Å². The third kappa shape index (κ3) is 1.13. The first-order chi connectivity index (χ1) is 5.51. The molecule has 68 valence electrons. The minimum Gasteiger partial charge on any atom is -0.481 e. The maximum absolute atomic E-state index is 10.7. The van der Waals surface area contributed by atoms with Crippen LogP contribution < -0.4 is 0 Å². The zero-order valence-electron chi connectivity index (χ0n) is 7.71. The van der Waals surface area contributed by atoms with Crippen LogP contribution in [-0.2, 0) is 4.79 Å². The van der Waals surface area contributed by atoms with Gasteiger partial charge in [-0.2, -0.15) is 0 Å². The van der Waals surface area contributed by atoms with Crippen molar-refractivity contribution in [1.29, 1.82) is 0 Å². The molecule has 2 fully saturated rings. The number of fused-ring (bicyclic) bond motifs is 1. The lowest BCUT2D eigenvalue weighted by Gasteiger charge is -2.28. The summed E-state index contributed by atoms with van der Waals surface area (Å²) in [6.45, 7) is 4.50. The number of rotatable bonds is 1. The Morgan fingerprint density at radius 1 is 1.42 bits per heavy atom. The minimum absolute atomic E-state index is 0.00627. The Bertz CT molecular complexity index is 220. The van der Waals surface area contributed by atoms with Gasteiger partial charge in [0.2, 0.25) is 0 Å². The van der Waals surface area contributed by atoms with Gasteiger partial charge >= 0.3 is 5.97 Å². The summed E-state index contributed by atoms with van der Waals surface area (Å²) < 4.78 is 0. The predicted molar refractivity (Wildman–Crippen MR) is 45.7 cm³/mol. The number of carboxylic acid groups (broad SMARTS) is 1. The first-order valence-electron chi connectivity index (χ1n) is 4.74. The van der Waals surface area contributed by atoms with E-state index in [4.69, 9.17) is 5.11 Å². The number of aliphatic carboxylic acids is 1. The predicted octanol–water partition coefficient (Wildman–Crippen LogP) is 2.14. The van der Waals surface area contributed by atoms with E-state index in [2.05, 4.69) is 13.8 Å². The molecular weight excluding hydrogens is 152 g/mol. The molecule has 12 heavy (non-hydrogen) atoms. The number of hydrogen-bond donors (Lipinski definition) is 1. The molecule has 0 aromatic carbocycles. The molecule has 0 aromatic rings. The van der Waals surface area contributed by atoms with Crippen molar-refractivity contribution in [3.05, 3.63) is 0 Å². The summed E-state index contributed by atoms with van der Waals surface area (Å²) in [6.07, 6.45) is 3.46. The van der Waals surface area contributed by atoms with E-state index in [9.17, 15) is 4.79 Å². The monoisotopic (exact) mass is 168 g/mol. The number of carbonyl (C=O) groups is 1. The Morgan fingerprint density at radius 3 is 2.58 bits per heavy atom. The standard InChI is InChI=1S/C10H16O2/c1-10(2)4-3-6-7(5-10)8(6)9(11)12/h6-8H,3-5H2,1-2H3,(H,11,12). The Morgan fingerprint density at radius 2 is 2.08 bits per heavy atom. The van der Waals surface area contributed by atoms with Crippen molar-refractivity contribution in [2.45, 2.75) is 33.1 Å². The summed E-state index contributed by atoms with van der Waals surface area (Å²) in [6, 6.07) is 0. The summed E-state index contributed by atoms with van der Waals surface area (Å²) >= 11 is 0.